The van der Waals surface area contributed by atoms with Crippen LogP contribution >= 0.6 is 0 Å². The first-order valence-electron chi connectivity index (χ1n) is 8.90. The minimum Gasteiger partial charge on any atom is -0.342 e. The van der Waals surface area contributed by atoms with Gasteiger partial charge in [0.1, 0.15) is 11.5 Å². The predicted molar refractivity (Wildman–Crippen MR) is 94.4 cm³/mol. The monoisotopic (exact) mass is 367 g/mol. The van der Waals surface area contributed by atoms with Crippen molar-refractivity contribution < 1.29 is 18.8 Å². The molecule has 7 heteroatoms. The molecule has 0 atom stereocenters. The van der Waals surface area contributed by atoms with Crippen LogP contribution in [0.3, 0.4) is 0 Å². The maximum atomic E-state index is 13.7. The standard InChI is InChI=1S/C20H18FN3O3/c21-16-6-2-1-4-13(16)12-17(25)23-10-7-14(8-11-23)24-19(26)15-5-3-9-22-18(15)20(24)27/h1-6,9,14H,7-8,10-12H2. The quantitative estimate of drug-likeness (QED) is 0.779. The molecule has 2 aliphatic rings. The second-order valence-electron chi connectivity index (χ2n) is 6.76. The van der Waals surface area contributed by atoms with Gasteiger partial charge in [0.25, 0.3) is 11.8 Å². The van der Waals surface area contributed by atoms with Crippen LogP contribution in [0, 0.1) is 5.82 Å². The van der Waals surface area contributed by atoms with Gasteiger partial charge in [-0.3, -0.25) is 24.3 Å². The van der Waals surface area contributed by atoms with Gasteiger partial charge in [-0.15, -0.1) is 0 Å². The molecule has 0 bridgehead atoms. The SMILES string of the molecule is O=C(Cc1ccccc1F)N1CCC(N2C(=O)c3cccnc3C2=O)CC1. The number of fused-ring (bicyclic) bond motifs is 1. The molecule has 0 N–H and O–H groups in total. The number of pyridine rings is 1. The zero-order valence-corrected chi connectivity index (χ0v) is 14.6. The zero-order chi connectivity index (χ0) is 19.0. The van der Waals surface area contributed by atoms with Crippen LogP contribution in [0.5, 0.6) is 0 Å². The first kappa shape index (κ1) is 17.3. The van der Waals surface area contributed by atoms with Gasteiger partial charge in [0.2, 0.25) is 5.91 Å². The Labute approximate surface area is 155 Å². The van der Waals surface area contributed by atoms with E-state index in [9.17, 15) is 18.8 Å². The van der Waals surface area contributed by atoms with E-state index in [4.69, 9.17) is 0 Å². The second kappa shape index (κ2) is 6.90. The average Bonchev–Trinajstić information content (AvgIpc) is 2.95. The second-order valence-corrected chi connectivity index (χ2v) is 6.76. The van der Waals surface area contributed by atoms with Crippen LogP contribution in [0.4, 0.5) is 4.39 Å². The molecule has 0 saturated carbocycles. The fourth-order valence-electron chi connectivity index (χ4n) is 3.71. The van der Waals surface area contributed by atoms with E-state index in [-0.39, 0.29) is 41.7 Å². The van der Waals surface area contributed by atoms with Crippen LogP contribution in [0.1, 0.15) is 39.3 Å². The number of piperidine rings is 1. The summed E-state index contributed by atoms with van der Waals surface area (Å²) in [6.45, 7) is 0.859. The lowest BCUT2D eigenvalue weighted by Gasteiger charge is -2.35. The number of carbonyl (C=O) groups excluding carboxylic acids is 3. The number of rotatable bonds is 3. The third kappa shape index (κ3) is 3.09. The van der Waals surface area contributed by atoms with Gasteiger partial charge < -0.3 is 4.90 Å². The van der Waals surface area contributed by atoms with Gasteiger partial charge in [0.15, 0.2) is 0 Å². The highest BCUT2D eigenvalue weighted by molar-refractivity contribution is 6.20. The minimum atomic E-state index is -0.390. The van der Waals surface area contributed by atoms with Crippen molar-refractivity contribution in [3.63, 3.8) is 0 Å². The molecule has 1 saturated heterocycles. The maximum absolute atomic E-state index is 13.7. The van der Waals surface area contributed by atoms with Gasteiger partial charge >= 0.3 is 0 Å². The van der Waals surface area contributed by atoms with Crippen LogP contribution in [0.2, 0.25) is 0 Å². The molecule has 0 aliphatic carbocycles. The lowest BCUT2D eigenvalue weighted by Crippen LogP contribution is -2.49. The highest BCUT2D eigenvalue weighted by Crippen LogP contribution is 2.27. The molecule has 6 nitrogen and oxygen atoms in total. The van der Waals surface area contributed by atoms with Gasteiger partial charge in [-0.05, 0) is 36.6 Å². The summed E-state index contributed by atoms with van der Waals surface area (Å²) < 4.78 is 13.7. The Balaban J connectivity index is 1.40. The summed E-state index contributed by atoms with van der Waals surface area (Å²) >= 11 is 0. The van der Waals surface area contributed by atoms with Crippen molar-refractivity contribution in [2.24, 2.45) is 0 Å². The minimum absolute atomic E-state index is 0.00821. The van der Waals surface area contributed by atoms with E-state index in [1.807, 2.05) is 0 Å². The fourth-order valence-corrected chi connectivity index (χ4v) is 3.71. The Morgan fingerprint density at radius 1 is 1.07 bits per heavy atom. The number of imide groups is 1. The van der Waals surface area contributed by atoms with Crippen molar-refractivity contribution in [3.8, 4) is 0 Å². The van der Waals surface area contributed by atoms with Crippen LogP contribution in [0.25, 0.3) is 0 Å². The molecule has 3 amide bonds. The topological polar surface area (TPSA) is 70.6 Å². The molecule has 0 radical (unpaired) electrons. The van der Waals surface area contributed by atoms with E-state index >= 15 is 0 Å². The lowest BCUT2D eigenvalue weighted by molar-refractivity contribution is -0.131. The molecule has 138 valence electrons. The molecule has 1 aromatic heterocycles. The summed E-state index contributed by atoms with van der Waals surface area (Å²) in [4.78, 5) is 44.5. The van der Waals surface area contributed by atoms with E-state index < -0.39 is 0 Å². The summed E-state index contributed by atoms with van der Waals surface area (Å²) in [7, 11) is 0. The van der Waals surface area contributed by atoms with Gasteiger partial charge in [0, 0.05) is 25.3 Å². The molecule has 2 aromatic rings. The number of carbonyl (C=O) groups is 3. The maximum Gasteiger partial charge on any atom is 0.280 e. The molecule has 0 unspecified atom stereocenters. The molecule has 3 heterocycles. The Morgan fingerprint density at radius 3 is 2.52 bits per heavy atom. The van der Waals surface area contributed by atoms with E-state index in [0.717, 1.165) is 0 Å². The highest BCUT2D eigenvalue weighted by atomic mass is 19.1. The van der Waals surface area contributed by atoms with Crippen LogP contribution in [-0.4, -0.2) is 51.6 Å². The Morgan fingerprint density at radius 2 is 1.81 bits per heavy atom. The van der Waals surface area contributed by atoms with Crippen molar-refractivity contribution in [1.29, 1.82) is 0 Å². The Kier molecular flexibility index (Phi) is 4.43. The highest BCUT2D eigenvalue weighted by Gasteiger charge is 2.42. The van der Waals surface area contributed by atoms with E-state index in [1.165, 1.54) is 17.2 Å². The third-order valence-electron chi connectivity index (χ3n) is 5.16. The Bertz CT molecular complexity index is 887. The van der Waals surface area contributed by atoms with Crippen LogP contribution in [-0.2, 0) is 11.2 Å². The number of nitrogens with zero attached hydrogens (tertiary/aromatic N) is 3. The number of hydrogen-bond donors (Lipinski definition) is 0. The molecule has 4 rings (SSSR count). The average molecular weight is 367 g/mol. The summed E-state index contributed by atoms with van der Waals surface area (Å²) in [6, 6.07) is 9.22. The number of likely N-dealkylation sites (tertiary alicyclic amines) is 1. The fraction of sp³-hybridized carbons (Fsp3) is 0.300. The van der Waals surface area contributed by atoms with Gasteiger partial charge in [0.05, 0.1) is 12.0 Å². The first-order chi connectivity index (χ1) is 13.1. The first-order valence-corrected chi connectivity index (χ1v) is 8.90. The van der Waals surface area contributed by atoms with Crippen LogP contribution in [0.15, 0.2) is 42.6 Å². The predicted octanol–water partition coefficient (Wildman–Crippen LogP) is 2.05. The van der Waals surface area contributed by atoms with Crippen LogP contribution < -0.4 is 0 Å². The molecular weight excluding hydrogens is 349 g/mol. The largest absolute Gasteiger partial charge is 0.342 e. The normalized spacial score (nSPS) is 17.4. The third-order valence-corrected chi connectivity index (χ3v) is 5.16. The summed E-state index contributed by atoms with van der Waals surface area (Å²) in [5, 5.41) is 0. The molecular formula is C20H18FN3O3. The van der Waals surface area contributed by atoms with Crippen molar-refractivity contribution in [2.45, 2.75) is 25.3 Å². The summed E-state index contributed by atoms with van der Waals surface area (Å²) in [5.74, 6) is -1.23. The Hall–Kier alpha value is -3.09. The molecule has 0 spiro atoms. The van der Waals surface area contributed by atoms with E-state index in [1.54, 1.807) is 35.2 Å². The molecule has 27 heavy (non-hydrogen) atoms. The van der Waals surface area contributed by atoms with Gasteiger partial charge in [-0.25, -0.2) is 4.39 Å². The van der Waals surface area contributed by atoms with E-state index in [0.29, 0.717) is 37.1 Å². The number of hydrogen-bond acceptors (Lipinski definition) is 4. The van der Waals surface area contributed by atoms with Crippen molar-refractivity contribution >= 4 is 17.7 Å². The molecule has 2 aliphatic heterocycles. The van der Waals surface area contributed by atoms with E-state index in [2.05, 4.69) is 4.98 Å². The van der Waals surface area contributed by atoms with Crippen molar-refractivity contribution in [3.05, 3.63) is 65.2 Å². The zero-order valence-electron chi connectivity index (χ0n) is 14.6. The summed E-state index contributed by atoms with van der Waals surface area (Å²) in [6.07, 6.45) is 2.52. The number of benzene rings is 1. The number of amides is 3. The smallest absolute Gasteiger partial charge is 0.280 e. The molecule has 1 aromatic carbocycles. The summed E-state index contributed by atoms with van der Waals surface area (Å²) in [5.41, 5.74) is 0.900. The number of halogens is 1. The van der Waals surface area contributed by atoms with Gasteiger partial charge in [-0.1, -0.05) is 18.2 Å². The van der Waals surface area contributed by atoms with Gasteiger partial charge in [-0.2, -0.15) is 0 Å². The molecule has 1 fully saturated rings. The van der Waals surface area contributed by atoms with Crippen molar-refractivity contribution in [2.75, 3.05) is 13.1 Å². The number of aromatic nitrogens is 1. The van der Waals surface area contributed by atoms with Crippen molar-refractivity contribution in [1.82, 2.24) is 14.8 Å². The lowest BCUT2D eigenvalue weighted by atomic mass is 10.0.